The third kappa shape index (κ3) is 6.18. The Labute approximate surface area is 179 Å². The fraction of sp³-hybridized carbons (Fsp3) is 0.391. The maximum absolute atomic E-state index is 12.7. The minimum absolute atomic E-state index is 0.000358. The van der Waals surface area contributed by atoms with E-state index in [1.807, 2.05) is 36.4 Å². The lowest BCUT2D eigenvalue weighted by Crippen LogP contribution is -2.43. The Hall–Kier alpha value is -2.64. The molecule has 0 spiro atoms. The van der Waals surface area contributed by atoms with Gasteiger partial charge in [-0.05, 0) is 34.1 Å². The molecular formula is C23H30BNO5. The van der Waals surface area contributed by atoms with Crippen LogP contribution in [0.25, 0.3) is 0 Å². The van der Waals surface area contributed by atoms with Crippen LogP contribution in [0.15, 0.2) is 48.5 Å². The molecule has 0 aliphatic carbocycles. The number of carbonyl (C=O) groups is 2. The predicted molar refractivity (Wildman–Crippen MR) is 118 cm³/mol. The van der Waals surface area contributed by atoms with Crippen molar-refractivity contribution in [2.75, 3.05) is 21.3 Å². The molecule has 7 heteroatoms. The summed E-state index contributed by atoms with van der Waals surface area (Å²) in [6.07, 6.45) is 0.309. The van der Waals surface area contributed by atoms with Crippen LogP contribution < -0.4 is 10.8 Å². The van der Waals surface area contributed by atoms with Crippen LogP contribution in [0.1, 0.15) is 42.3 Å². The van der Waals surface area contributed by atoms with Crippen molar-refractivity contribution in [1.29, 1.82) is 0 Å². The standard InChI is InChI=1S/C23H30BNO5/c1-23(2,3)18-11-9-17(10-12-18)21(26)25-20(22(27)28-4)15-16-7-13-19(14-8-16)24(29-5)30-6/h7-14,20H,15H2,1-6H3,(H,25,26)/t20-/m1/s1. The number of hydrogen-bond donors (Lipinski definition) is 1. The van der Waals surface area contributed by atoms with Crippen molar-refractivity contribution < 1.29 is 23.6 Å². The van der Waals surface area contributed by atoms with Gasteiger partial charge in [-0.3, -0.25) is 4.79 Å². The number of benzene rings is 2. The topological polar surface area (TPSA) is 73.9 Å². The van der Waals surface area contributed by atoms with Crippen LogP contribution in [-0.2, 0) is 30.7 Å². The first-order chi connectivity index (χ1) is 14.2. The molecule has 2 aromatic carbocycles. The minimum atomic E-state index is -0.795. The molecule has 0 bridgehead atoms. The highest BCUT2D eigenvalue weighted by molar-refractivity contribution is 6.61. The lowest BCUT2D eigenvalue weighted by atomic mass is 9.78. The Morgan fingerprint density at radius 3 is 1.97 bits per heavy atom. The third-order valence-electron chi connectivity index (χ3n) is 4.92. The molecule has 1 amide bonds. The second kappa shape index (κ2) is 10.4. The number of carbonyl (C=O) groups excluding carboxylic acids is 2. The van der Waals surface area contributed by atoms with Crippen LogP contribution in [-0.4, -0.2) is 46.4 Å². The van der Waals surface area contributed by atoms with E-state index in [2.05, 4.69) is 26.1 Å². The second-order valence-corrected chi connectivity index (χ2v) is 8.13. The third-order valence-corrected chi connectivity index (χ3v) is 4.92. The van der Waals surface area contributed by atoms with Gasteiger partial charge in [0.05, 0.1) is 7.11 Å². The van der Waals surface area contributed by atoms with Gasteiger partial charge >= 0.3 is 13.1 Å². The van der Waals surface area contributed by atoms with E-state index < -0.39 is 19.1 Å². The normalized spacial score (nSPS) is 12.2. The molecule has 2 rings (SSSR count). The smallest absolute Gasteiger partial charge is 0.467 e. The molecule has 2 aromatic rings. The molecule has 30 heavy (non-hydrogen) atoms. The van der Waals surface area contributed by atoms with Gasteiger partial charge < -0.3 is 19.4 Å². The Morgan fingerprint density at radius 1 is 0.933 bits per heavy atom. The van der Waals surface area contributed by atoms with E-state index in [-0.39, 0.29) is 11.3 Å². The summed E-state index contributed by atoms with van der Waals surface area (Å²) in [5, 5.41) is 2.79. The van der Waals surface area contributed by atoms with Gasteiger partial charge in [0.15, 0.2) is 0 Å². The Bertz CT molecular complexity index is 839. The SMILES string of the molecule is COB(OC)c1ccc(C[C@@H](NC(=O)c2ccc(C(C)(C)C)cc2)C(=O)OC)cc1. The molecule has 0 aliphatic heterocycles. The first-order valence-corrected chi connectivity index (χ1v) is 9.83. The van der Waals surface area contributed by atoms with E-state index >= 15 is 0 Å². The zero-order chi connectivity index (χ0) is 22.3. The van der Waals surface area contributed by atoms with Gasteiger partial charge in [-0.2, -0.15) is 0 Å². The summed E-state index contributed by atoms with van der Waals surface area (Å²) in [6.45, 7) is 6.34. The summed E-state index contributed by atoms with van der Waals surface area (Å²) in [6, 6.07) is 14.1. The first kappa shape index (κ1) is 23.6. The molecule has 1 atom stereocenters. The highest BCUT2D eigenvalue weighted by Gasteiger charge is 2.24. The van der Waals surface area contributed by atoms with Crippen molar-refractivity contribution in [3.8, 4) is 0 Å². The average Bonchev–Trinajstić information content (AvgIpc) is 2.74. The lowest BCUT2D eigenvalue weighted by Gasteiger charge is -2.20. The maximum Gasteiger partial charge on any atom is 0.493 e. The number of esters is 1. The highest BCUT2D eigenvalue weighted by atomic mass is 16.6. The highest BCUT2D eigenvalue weighted by Crippen LogP contribution is 2.22. The number of methoxy groups -OCH3 is 1. The van der Waals surface area contributed by atoms with Crippen LogP contribution in [0.3, 0.4) is 0 Å². The summed E-state index contributed by atoms with van der Waals surface area (Å²) >= 11 is 0. The fourth-order valence-corrected chi connectivity index (χ4v) is 3.11. The fourth-order valence-electron chi connectivity index (χ4n) is 3.11. The minimum Gasteiger partial charge on any atom is -0.467 e. The van der Waals surface area contributed by atoms with Gasteiger partial charge in [0.25, 0.3) is 5.91 Å². The van der Waals surface area contributed by atoms with E-state index in [4.69, 9.17) is 14.0 Å². The zero-order valence-corrected chi connectivity index (χ0v) is 18.5. The van der Waals surface area contributed by atoms with E-state index in [0.29, 0.717) is 12.0 Å². The van der Waals surface area contributed by atoms with Crippen LogP contribution in [0.2, 0.25) is 0 Å². The summed E-state index contributed by atoms with van der Waals surface area (Å²) < 4.78 is 15.4. The molecule has 0 unspecified atom stereocenters. The van der Waals surface area contributed by atoms with Crippen molar-refractivity contribution in [3.63, 3.8) is 0 Å². The van der Waals surface area contributed by atoms with Crippen molar-refractivity contribution in [2.45, 2.75) is 38.6 Å². The molecule has 0 saturated heterocycles. The Morgan fingerprint density at radius 2 is 1.50 bits per heavy atom. The van der Waals surface area contributed by atoms with E-state index in [1.54, 1.807) is 26.4 Å². The molecule has 1 N–H and O–H groups in total. The van der Waals surface area contributed by atoms with Gasteiger partial charge in [-0.25, -0.2) is 4.79 Å². The summed E-state index contributed by atoms with van der Waals surface area (Å²) in [5.41, 5.74) is 3.37. The number of nitrogens with one attached hydrogen (secondary N) is 1. The Kier molecular flexibility index (Phi) is 8.20. The van der Waals surface area contributed by atoms with Gasteiger partial charge in [0.2, 0.25) is 0 Å². The maximum atomic E-state index is 12.7. The molecule has 0 heterocycles. The summed E-state index contributed by atoms with van der Waals surface area (Å²) in [5.74, 6) is -0.813. The molecule has 6 nitrogen and oxygen atoms in total. The van der Waals surface area contributed by atoms with Gasteiger partial charge in [0, 0.05) is 26.2 Å². The van der Waals surface area contributed by atoms with Crippen LogP contribution in [0.4, 0.5) is 0 Å². The molecule has 0 aromatic heterocycles. The van der Waals surface area contributed by atoms with E-state index in [9.17, 15) is 9.59 Å². The van der Waals surface area contributed by atoms with Gasteiger partial charge in [-0.15, -0.1) is 0 Å². The molecule has 0 aliphatic rings. The largest absolute Gasteiger partial charge is 0.493 e. The molecular weight excluding hydrogens is 381 g/mol. The number of rotatable bonds is 8. The summed E-state index contributed by atoms with van der Waals surface area (Å²) in [4.78, 5) is 25.0. The van der Waals surface area contributed by atoms with E-state index in [1.165, 1.54) is 7.11 Å². The van der Waals surface area contributed by atoms with Crippen molar-refractivity contribution >= 4 is 24.5 Å². The van der Waals surface area contributed by atoms with Gasteiger partial charge in [-0.1, -0.05) is 57.2 Å². The van der Waals surface area contributed by atoms with Crippen LogP contribution in [0.5, 0.6) is 0 Å². The lowest BCUT2D eigenvalue weighted by molar-refractivity contribution is -0.142. The average molecular weight is 411 g/mol. The number of hydrogen-bond acceptors (Lipinski definition) is 5. The molecule has 0 fully saturated rings. The second-order valence-electron chi connectivity index (χ2n) is 8.13. The Balaban J connectivity index is 2.12. The quantitative estimate of drug-likeness (QED) is 0.534. The van der Waals surface area contributed by atoms with E-state index in [0.717, 1.165) is 16.6 Å². The zero-order valence-electron chi connectivity index (χ0n) is 18.5. The molecule has 0 saturated carbocycles. The number of amides is 1. The van der Waals surface area contributed by atoms with Crippen LogP contribution >= 0.6 is 0 Å². The summed E-state index contributed by atoms with van der Waals surface area (Å²) in [7, 11) is 3.99. The predicted octanol–water partition coefficient (Wildman–Crippen LogP) is 2.49. The van der Waals surface area contributed by atoms with Crippen molar-refractivity contribution in [2.24, 2.45) is 0 Å². The number of ether oxygens (including phenoxy) is 1. The molecule has 160 valence electrons. The monoisotopic (exact) mass is 411 g/mol. The first-order valence-electron chi connectivity index (χ1n) is 9.83. The van der Waals surface area contributed by atoms with Crippen molar-refractivity contribution in [3.05, 3.63) is 65.2 Å². The molecule has 0 radical (unpaired) electrons. The van der Waals surface area contributed by atoms with Gasteiger partial charge in [0.1, 0.15) is 6.04 Å². The van der Waals surface area contributed by atoms with Crippen molar-refractivity contribution in [1.82, 2.24) is 5.32 Å². The van der Waals surface area contributed by atoms with Crippen LogP contribution in [0, 0.1) is 0 Å².